The number of nitrogens with zero attached hydrogens (tertiary/aromatic N) is 3. The fraction of sp³-hybridized carbons (Fsp3) is 0.857. The first-order chi connectivity index (χ1) is 9.88. The summed E-state index contributed by atoms with van der Waals surface area (Å²) in [5.74, 6) is 0. The predicted octanol–water partition coefficient (Wildman–Crippen LogP) is 0.639. The van der Waals surface area contributed by atoms with Crippen LogP contribution in [0.4, 0.5) is 0 Å². The number of hydrogen-bond donors (Lipinski definition) is 3. The highest BCUT2D eigenvalue weighted by Gasteiger charge is 2.11. The van der Waals surface area contributed by atoms with E-state index in [-0.39, 0.29) is 0 Å². The molecule has 1 fully saturated rings. The molecule has 1 aromatic heterocycles. The van der Waals surface area contributed by atoms with Gasteiger partial charge in [0.25, 0.3) is 0 Å². The van der Waals surface area contributed by atoms with Crippen molar-refractivity contribution in [3.8, 4) is 0 Å². The number of rotatable bonds is 9. The number of aromatic nitrogens is 3. The lowest BCUT2D eigenvalue weighted by Gasteiger charge is -2.22. The van der Waals surface area contributed by atoms with E-state index in [9.17, 15) is 0 Å². The maximum atomic E-state index is 5.50. The lowest BCUT2D eigenvalue weighted by atomic mass is 9.95. The minimum atomic E-state index is 0.463. The van der Waals surface area contributed by atoms with Gasteiger partial charge >= 0.3 is 0 Å². The summed E-state index contributed by atoms with van der Waals surface area (Å²) in [7, 11) is 0. The Bertz CT molecular complexity index is 358. The summed E-state index contributed by atoms with van der Waals surface area (Å²) < 4.78 is 1.87. The summed E-state index contributed by atoms with van der Waals surface area (Å²) in [5, 5.41) is 15.1. The second-order valence-electron chi connectivity index (χ2n) is 5.57. The van der Waals surface area contributed by atoms with Crippen molar-refractivity contribution >= 4 is 0 Å². The van der Waals surface area contributed by atoms with Gasteiger partial charge in [-0.05, 0) is 25.8 Å². The first-order valence-electron chi connectivity index (χ1n) is 7.91. The fourth-order valence-corrected chi connectivity index (χ4v) is 2.70. The highest BCUT2D eigenvalue weighted by atomic mass is 15.4. The van der Waals surface area contributed by atoms with E-state index in [1.165, 1.54) is 32.1 Å². The van der Waals surface area contributed by atoms with Gasteiger partial charge in [-0.15, -0.1) is 5.10 Å². The molecular weight excluding hydrogens is 252 g/mol. The monoisotopic (exact) mass is 280 g/mol. The average molecular weight is 280 g/mol. The fourth-order valence-electron chi connectivity index (χ4n) is 2.70. The number of nitrogens with two attached hydrogens (primary N) is 1. The molecule has 6 heteroatoms. The molecule has 0 bridgehead atoms. The first kappa shape index (κ1) is 15.4. The lowest BCUT2D eigenvalue weighted by molar-refractivity contribution is 0.372. The SMILES string of the molecule is NCc1cn(CCCNCCNC2CCCCC2)nn1. The number of aryl methyl sites for hydroxylation is 1. The van der Waals surface area contributed by atoms with Gasteiger partial charge in [-0.25, -0.2) is 0 Å². The van der Waals surface area contributed by atoms with E-state index in [2.05, 4.69) is 20.9 Å². The van der Waals surface area contributed by atoms with Crippen LogP contribution in [-0.4, -0.2) is 40.7 Å². The Kier molecular flexibility index (Phi) is 6.97. The van der Waals surface area contributed by atoms with Crippen LogP contribution in [0.3, 0.4) is 0 Å². The zero-order valence-electron chi connectivity index (χ0n) is 12.4. The van der Waals surface area contributed by atoms with Gasteiger partial charge in [0.1, 0.15) is 0 Å². The quantitative estimate of drug-likeness (QED) is 0.578. The third-order valence-corrected chi connectivity index (χ3v) is 3.88. The Morgan fingerprint density at radius 1 is 1.20 bits per heavy atom. The number of hydrogen-bond acceptors (Lipinski definition) is 5. The van der Waals surface area contributed by atoms with Crippen LogP contribution < -0.4 is 16.4 Å². The summed E-state index contributed by atoms with van der Waals surface area (Å²) >= 11 is 0. The molecule has 1 aliphatic carbocycles. The molecule has 1 saturated carbocycles. The summed E-state index contributed by atoms with van der Waals surface area (Å²) in [6.07, 6.45) is 9.92. The van der Waals surface area contributed by atoms with Gasteiger partial charge in [0.05, 0.1) is 5.69 Å². The topological polar surface area (TPSA) is 80.8 Å². The molecule has 2 rings (SSSR count). The Hall–Kier alpha value is -0.980. The molecule has 0 radical (unpaired) electrons. The Morgan fingerprint density at radius 3 is 2.80 bits per heavy atom. The Labute approximate surface area is 121 Å². The normalized spacial score (nSPS) is 16.6. The van der Waals surface area contributed by atoms with Crippen molar-refractivity contribution in [2.24, 2.45) is 5.73 Å². The van der Waals surface area contributed by atoms with Gasteiger partial charge in [-0.2, -0.15) is 0 Å². The average Bonchev–Trinajstić information content (AvgIpc) is 2.95. The first-order valence-corrected chi connectivity index (χ1v) is 7.91. The molecule has 0 aromatic carbocycles. The van der Waals surface area contributed by atoms with Gasteiger partial charge in [0, 0.05) is 38.4 Å². The van der Waals surface area contributed by atoms with E-state index in [1.54, 1.807) is 0 Å². The molecule has 1 aliphatic rings. The summed E-state index contributed by atoms with van der Waals surface area (Å²) in [6, 6.07) is 0.760. The molecule has 0 aliphatic heterocycles. The van der Waals surface area contributed by atoms with Crippen molar-refractivity contribution in [3.05, 3.63) is 11.9 Å². The molecule has 0 atom stereocenters. The van der Waals surface area contributed by atoms with Crippen LogP contribution in [0, 0.1) is 0 Å². The van der Waals surface area contributed by atoms with Gasteiger partial charge in [0.15, 0.2) is 0 Å². The third-order valence-electron chi connectivity index (χ3n) is 3.88. The van der Waals surface area contributed by atoms with Crippen LogP contribution in [-0.2, 0) is 13.1 Å². The van der Waals surface area contributed by atoms with Gasteiger partial charge in [-0.1, -0.05) is 24.5 Å². The smallest absolute Gasteiger partial charge is 0.0962 e. The largest absolute Gasteiger partial charge is 0.325 e. The van der Waals surface area contributed by atoms with Crippen molar-refractivity contribution in [2.75, 3.05) is 19.6 Å². The predicted molar refractivity (Wildman–Crippen MR) is 80.3 cm³/mol. The van der Waals surface area contributed by atoms with Crippen molar-refractivity contribution in [2.45, 2.75) is 57.7 Å². The maximum absolute atomic E-state index is 5.50. The molecule has 4 N–H and O–H groups in total. The van der Waals surface area contributed by atoms with Crippen LogP contribution in [0.1, 0.15) is 44.2 Å². The highest BCUT2D eigenvalue weighted by Crippen LogP contribution is 2.16. The molecule has 20 heavy (non-hydrogen) atoms. The molecule has 6 nitrogen and oxygen atoms in total. The van der Waals surface area contributed by atoms with E-state index in [1.807, 2.05) is 10.9 Å². The van der Waals surface area contributed by atoms with Crippen molar-refractivity contribution < 1.29 is 0 Å². The minimum Gasteiger partial charge on any atom is -0.325 e. The summed E-state index contributed by atoms with van der Waals surface area (Å²) in [4.78, 5) is 0. The maximum Gasteiger partial charge on any atom is 0.0962 e. The number of nitrogens with one attached hydrogen (secondary N) is 2. The second kappa shape index (κ2) is 9.05. The summed E-state index contributed by atoms with van der Waals surface area (Å²) in [5.41, 5.74) is 6.36. The van der Waals surface area contributed by atoms with Crippen LogP contribution >= 0.6 is 0 Å². The van der Waals surface area contributed by atoms with Gasteiger partial charge in [-0.3, -0.25) is 4.68 Å². The molecular formula is C14H28N6. The van der Waals surface area contributed by atoms with Crippen LogP contribution in [0.15, 0.2) is 6.20 Å². The van der Waals surface area contributed by atoms with E-state index in [0.717, 1.165) is 44.3 Å². The molecule has 0 spiro atoms. The second-order valence-corrected chi connectivity index (χ2v) is 5.57. The van der Waals surface area contributed by atoms with Crippen molar-refractivity contribution in [3.63, 3.8) is 0 Å². The van der Waals surface area contributed by atoms with Crippen LogP contribution in [0.5, 0.6) is 0 Å². The molecule has 1 heterocycles. The Balaban J connectivity index is 1.43. The van der Waals surface area contributed by atoms with Crippen molar-refractivity contribution in [1.82, 2.24) is 25.6 Å². The van der Waals surface area contributed by atoms with Gasteiger partial charge < -0.3 is 16.4 Å². The zero-order valence-corrected chi connectivity index (χ0v) is 12.4. The summed E-state index contributed by atoms with van der Waals surface area (Å²) in [6.45, 7) is 4.50. The Morgan fingerprint density at radius 2 is 2.05 bits per heavy atom. The van der Waals surface area contributed by atoms with E-state index >= 15 is 0 Å². The molecule has 1 aromatic rings. The van der Waals surface area contributed by atoms with Crippen LogP contribution in [0.2, 0.25) is 0 Å². The third kappa shape index (κ3) is 5.56. The van der Waals surface area contributed by atoms with Crippen molar-refractivity contribution in [1.29, 1.82) is 0 Å². The van der Waals surface area contributed by atoms with Gasteiger partial charge in [0.2, 0.25) is 0 Å². The van der Waals surface area contributed by atoms with E-state index in [4.69, 9.17) is 5.73 Å². The molecule has 0 amide bonds. The van der Waals surface area contributed by atoms with E-state index < -0.39 is 0 Å². The molecule has 0 saturated heterocycles. The van der Waals surface area contributed by atoms with Crippen LogP contribution in [0.25, 0.3) is 0 Å². The minimum absolute atomic E-state index is 0.463. The zero-order chi connectivity index (χ0) is 14.0. The lowest BCUT2D eigenvalue weighted by Crippen LogP contribution is -2.36. The standard InChI is InChI=1S/C14H28N6/c15-11-14-12-20(19-18-14)10-4-7-16-8-9-17-13-5-2-1-3-6-13/h12-13,16-17H,1-11,15H2. The highest BCUT2D eigenvalue weighted by molar-refractivity contribution is 4.90. The van der Waals surface area contributed by atoms with E-state index in [0.29, 0.717) is 6.54 Å². The molecule has 114 valence electrons. The molecule has 0 unspecified atom stereocenters.